The van der Waals surface area contributed by atoms with E-state index in [-0.39, 0.29) is 0 Å². The maximum absolute atomic E-state index is 11.9. The van der Waals surface area contributed by atoms with E-state index in [1.807, 2.05) is 24.3 Å². The molecule has 0 aliphatic rings. The molecule has 3 rings (SSSR count). The molecule has 96 valence electrons. The minimum absolute atomic E-state index is 0.401. The van der Waals surface area contributed by atoms with E-state index < -0.39 is 5.97 Å². The van der Waals surface area contributed by atoms with Crippen molar-refractivity contribution in [3.8, 4) is 11.1 Å². The fraction of sp³-hybridized carbons (Fsp3) is 0.0833. The molecular weight excluding hydrogens is 312 g/mol. The maximum Gasteiger partial charge on any atom is 0.342 e. The van der Waals surface area contributed by atoms with E-state index in [4.69, 9.17) is 4.74 Å². The molecule has 1 N–H and O–H groups in total. The number of aromatic nitrogens is 4. The van der Waals surface area contributed by atoms with E-state index in [9.17, 15) is 4.79 Å². The Kier molecular flexibility index (Phi) is 2.83. The third-order valence-corrected chi connectivity index (χ3v) is 3.35. The maximum atomic E-state index is 11.9. The largest absolute Gasteiger partial charge is 0.465 e. The van der Waals surface area contributed by atoms with Crippen molar-refractivity contribution in [3.05, 3.63) is 40.5 Å². The van der Waals surface area contributed by atoms with Crippen LogP contribution in [0.3, 0.4) is 0 Å². The van der Waals surface area contributed by atoms with Crippen LogP contribution in [0.5, 0.6) is 0 Å². The van der Waals surface area contributed by atoms with Crippen LogP contribution >= 0.6 is 15.9 Å². The summed E-state index contributed by atoms with van der Waals surface area (Å²) in [5, 5.41) is 10.2. The highest BCUT2D eigenvalue weighted by Crippen LogP contribution is 2.29. The topological polar surface area (TPSA) is 72.3 Å². The van der Waals surface area contributed by atoms with Crippen molar-refractivity contribution in [2.75, 3.05) is 7.11 Å². The molecule has 0 saturated carbocycles. The number of tetrazole rings is 1. The third-order valence-electron chi connectivity index (χ3n) is 2.82. The smallest absolute Gasteiger partial charge is 0.342 e. The van der Waals surface area contributed by atoms with Crippen molar-refractivity contribution in [2.45, 2.75) is 0 Å². The van der Waals surface area contributed by atoms with Crippen LogP contribution in [-0.2, 0) is 4.74 Å². The first-order chi connectivity index (χ1) is 9.20. The Morgan fingerprint density at radius 3 is 2.79 bits per heavy atom. The number of halogens is 1. The zero-order chi connectivity index (χ0) is 13.4. The normalized spacial score (nSPS) is 10.8. The second-order valence-electron chi connectivity index (χ2n) is 3.91. The molecule has 19 heavy (non-hydrogen) atoms. The van der Waals surface area contributed by atoms with E-state index in [1.54, 1.807) is 10.7 Å². The predicted octanol–water partition coefficient (Wildman–Crippen LogP) is 2.27. The number of H-pyrrole nitrogens is 1. The summed E-state index contributed by atoms with van der Waals surface area (Å²) in [7, 11) is 1.34. The minimum atomic E-state index is -0.436. The Labute approximate surface area is 116 Å². The van der Waals surface area contributed by atoms with Gasteiger partial charge >= 0.3 is 5.97 Å². The highest BCUT2D eigenvalue weighted by Gasteiger charge is 2.22. The summed E-state index contributed by atoms with van der Waals surface area (Å²) in [6, 6.07) is 7.65. The van der Waals surface area contributed by atoms with Gasteiger partial charge in [0.2, 0.25) is 0 Å². The lowest BCUT2D eigenvalue weighted by Gasteiger charge is -2.02. The van der Waals surface area contributed by atoms with Gasteiger partial charge in [0.15, 0.2) is 5.65 Å². The number of nitrogens with one attached hydrogen (secondary N) is 1. The standard InChI is InChI=1S/C12H9BrN4O2/c1-19-12(18)10-9(6-17-11(10)14-15-16-17)7-2-4-8(13)5-3-7/h2-6H,1H3,(H,14,16). The molecule has 2 aromatic heterocycles. The lowest BCUT2D eigenvalue weighted by atomic mass is 10.0. The monoisotopic (exact) mass is 320 g/mol. The van der Waals surface area contributed by atoms with Crippen LogP contribution in [0, 0.1) is 0 Å². The number of aromatic amines is 1. The van der Waals surface area contributed by atoms with Crippen LogP contribution in [0.1, 0.15) is 10.4 Å². The highest BCUT2D eigenvalue weighted by atomic mass is 79.9. The molecule has 0 spiro atoms. The van der Waals surface area contributed by atoms with Gasteiger partial charge in [-0.25, -0.2) is 9.31 Å². The van der Waals surface area contributed by atoms with Gasteiger partial charge < -0.3 is 4.74 Å². The molecule has 0 fully saturated rings. The van der Waals surface area contributed by atoms with Crippen LogP contribution in [-0.4, -0.2) is 33.1 Å². The number of carbonyl (C=O) groups is 1. The molecule has 0 radical (unpaired) electrons. The van der Waals surface area contributed by atoms with Crippen LogP contribution in [0.2, 0.25) is 0 Å². The zero-order valence-corrected chi connectivity index (χ0v) is 11.5. The molecule has 0 aliphatic carbocycles. The number of hydrogen-bond acceptors (Lipinski definition) is 4. The molecule has 3 aromatic rings. The van der Waals surface area contributed by atoms with E-state index >= 15 is 0 Å². The molecule has 0 bridgehead atoms. The number of benzene rings is 1. The minimum Gasteiger partial charge on any atom is -0.465 e. The van der Waals surface area contributed by atoms with Gasteiger partial charge in [0.25, 0.3) is 0 Å². The number of nitrogens with zero attached hydrogens (tertiary/aromatic N) is 3. The molecular formula is C12H9BrN4O2. The Hall–Kier alpha value is -2.15. The second kappa shape index (κ2) is 4.51. The average Bonchev–Trinajstić information content (AvgIpc) is 2.98. The molecule has 6 nitrogen and oxygen atoms in total. The van der Waals surface area contributed by atoms with Gasteiger partial charge in [0, 0.05) is 16.2 Å². The van der Waals surface area contributed by atoms with Gasteiger partial charge in [-0.2, -0.15) is 5.21 Å². The van der Waals surface area contributed by atoms with Gasteiger partial charge in [-0.05, 0) is 17.7 Å². The van der Waals surface area contributed by atoms with Gasteiger partial charge in [0.1, 0.15) is 5.56 Å². The van der Waals surface area contributed by atoms with Crippen molar-refractivity contribution in [1.29, 1.82) is 0 Å². The number of methoxy groups -OCH3 is 1. The Morgan fingerprint density at radius 2 is 2.11 bits per heavy atom. The quantitative estimate of drug-likeness (QED) is 0.735. The molecule has 2 heterocycles. The molecule has 1 aromatic carbocycles. The third kappa shape index (κ3) is 1.91. The summed E-state index contributed by atoms with van der Waals surface area (Å²) in [6.45, 7) is 0. The fourth-order valence-electron chi connectivity index (χ4n) is 1.94. The molecule has 0 saturated heterocycles. The summed E-state index contributed by atoms with van der Waals surface area (Å²) < 4.78 is 7.37. The first-order valence-corrected chi connectivity index (χ1v) is 6.26. The predicted molar refractivity (Wildman–Crippen MR) is 71.8 cm³/mol. The number of hydrogen-bond donors (Lipinski definition) is 1. The summed E-state index contributed by atoms with van der Waals surface area (Å²) in [6.07, 6.45) is 1.77. The number of carbonyl (C=O) groups excluding carboxylic acids is 1. The fourth-order valence-corrected chi connectivity index (χ4v) is 2.20. The van der Waals surface area contributed by atoms with E-state index in [0.717, 1.165) is 15.6 Å². The van der Waals surface area contributed by atoms with Crippen molar-refractivity contribution >= 4 is 27.5 Å². The van der Waals surface area contributed by atoms with Crippen LogP contribution in [0.4, 0.5) is 0 Å². The highest BCUT2D eigenvalue weighted by molar-refractivity contribution is 9.10. The lowest BCUT2D eigenvalue weighted by molar-refractivity contribution is 0.0603. The molecule has 0 amide bonds. The average molecular weight is 321 g/mol. The SMILES string of the molecule is COC(=O)c1c(-c2ccc(Br)cc2)cn2[nH]nnc12. The Bertz CT molecular complexity index is 745. The van der Waals surface area contributed by atoms with Crippen LogP contribution in [0.25, 0.3) is 16.8 Å². The molecule has 7 heteroatoms. The van der Waals surface area contributed by atoms with Gasteiger partial charge in [0.05, 0.1) is 7.11 Å². The molecule has 0 aliphatic heterocycles. The Morgan fingerprint density at radius 1 is 1.37 bits per heavy atom. The molecule has 0 atom stereocenters. The summed E-state index contributed by atoms with van der Waals surface area (Å²) in [4.78, 5) is 11.9. The Balaban J connectivity index is 2.25. The first kappa shape index (κ1) is 11.9. The summed E-state index contributed by atoms with van der Waals surface area (Å²) in [5.41, 5.74) is 2.51. The van der Waals surface area contributed by atoms with E-state index in [2.05, 4.69) is 31.5 Å². The number of esters is 1. The van der Waals surface area contributed by atoms with Crippen LogP contribution < -0.4 is 0 Å². The van der Waals surface area contributed by atoms with Crippen molar-refractivity contribution < 1.29 is 9.53 Å². The number of rotatable bonds is 2. The van der Waals surface area contributed by atoms with Gasteiger partial charge in [-0.1, -0.05) is 33.3 Å². The summed E-state index contributed by atoms with van der Waals surface area (Å²) in [5.74, 6) is -0.436. The van der Waals surface area contributed by atoms with E-state index in [1.165, 1.54) is 7.11 Å². The zero-order valence-electron chi connectivity index (χ0n) is 9.92. The summed E-state index contributed by atoms with van der Waals surface area (Å²) >= 11 is 3.38. The van der Waals surface area contributed by atoms with Crippen molar-refractivity contribution in [3.63, 3.8) is 0 Å². The first-order valence-electron chi connectivity index (χ1n) is 5.47. The molecule has 0 unspecified atom stereocenters. The van der Waals surface area contributed by atoms with Crippen molar-refractivity contribution in [1.82, 2.24) is 20.0 Å². The van der Waals surface area contributed by atoms with E-state index in [0.29, 0.717) is 11.2 Å². The lowest BCUT2D eigenvalue weighted by Crippen LogP contribution is -2.02. The van der Waals surface area contributed by atoms with Crippen LogP contribution in [0.15, 0.2) is 34.9 Å². The van der Waals surface area contributed by atoms with Gasteiger partial charge in [-0.3, -0.25) is 0 Å². The van der Waals surface area contributed by atoms with Gasteiger partial charge in [-0.15, -0.1) is 5.10 Å². The second-order valence-corrected chi connectivity index (χ2v) is 4.83. The number of fused-ring (bicyclic) bond motifs is 1. The number of ether oxygens (including phenoxy) is 1. The van der Waals surface area contributed by atoms with Crippen molar-refractivity contribution in [2.24, 2.45) is 0 Å².